The number of aromatic nitrogens is 2. The minimum Gasteiger partial charge on any atom is -0.497 e. The van der Waals surface area contributed by atoms with Gasteiger partial charge in [0.25, 0.3) is 0 Å². The maximum Gasteiger partial charge on any atom is 0.232 e. The molecule has 0 saturated carbocycles. The molecule has 1 fully saturated rings. The van der Waals surface area contributed by atoms with Gasteiger partial charge in [-0.15, -0.1) is 0 Å². The Morgan fingerprint density at radius 1 is 0.931 bits per heavy atom. The van der Waals surface area contributed by atoms with Gasteiger partial charge in [0, 0.05) is 37.9 Å². The third kappa shape index (κ3) is 5.15. The predicted molar refractivity (Wildman–Crippen MR) is 116 cm³/mol. The molecule has 6 heteroatoms. The van der Waals surface area contributed by atoms with Crippen molar-refractivity contribution in [2.45, 2.75) is 12.8 Å². The van der Waals surface area contributed by atoms with Crippen LogP contribution in [0.4, 0.5) is 5.69 Å². The van der Waals surface area contributed by atoms with Crippen LogP contribution in [-0.4, -0.2) is 61.3 Å². The van der Waals surface area contributed by atoms with Crippen LogP contribution in [0.15, 0.2) is 54.7 Å². The van der Waals surface area contributed by atoms with E-state index in [9.17, 15) is 0 Å². The lowest BCUT2D eigenvalue weighted by Crippen LogP contribution is -2.46. The van der Waals surface area contributed by atoms with Gasteiger partial charge in [-0.1, -0.05) is 18.2 Å². The van der Waals surface area contributed by atoms with Gasteiger partial charge in [0.05, 0.1) is 30.9 Å². The Morgan fingerprint density at radius 3 is 2.59 bits per heavy atom. The molecule has 0 atom stereocenters. The molecule has 0 radical (unpaired) electrons. The molecular weight excluding hydrogens is 364 g/mol. The molecule has 0 N–H and O–H groups in total. The van der Waals surface area contributed by atoms with Gasteiger partial charge in [-0.3, -0.25) is 4.90 Å². The molecule has 2 heterocycles. The number of methoxy groups -OCH3 is 1. The quantitative estimate of drug-likeness (QED) is 0.546. The van der Waals surface area contributed by atoms with E-state index in [1.807, 2.05) is 30.3 Å². The summed E-state index contributed by atoms with van der Waals surface area (Å²) in [7, 11) is 1.72. The fraction of sp³-hybridized carbons (Fsp3) is 0.391. The van der Waals surface area contributed by atoms with Gasteiger partial charge in [0.2, 0.25) is 5.88 Å². The molecule has 152 valence electrons. The highest BCUT2D eigenvalue weighted by Crippen LogP contribution is 2.22. The molecule has 0 unspecified atom stereocenters. The van der Waals surface area contributed by atoms with Crippen LogP contribution < -0.4 is 14.4 Å². The SMILES string of the molecule is COc1cccc(N2CCN(CCCCOc3cnc4ccccc4n3)CC2)c1. The second-order valence-electron chi connectivity index (χ2n) is 7.28. The number of fused-ring (bicyclic) bond motifs is 1. The van der Waals surface area contributed by atoms with Crippen molar-refractivity contribution in [2.75, 3.05) is 51.3 Å². The molecule has 2 aromatic carbocycles. The van der Waals surface area contributed by atoms with Crippen LogP contribution in [-0.2, 0) is 0 Å². The maximum atomic E-state index is 5.79. The van der Waals surface area contributed by atoms with E-state index in [-0.39, 0.29) is 0 Å². The minimum absolute atomic E-state index is 0.607. The summed E-state index contributed by atoms with van der Waals surface area (Å²) in [6.07, 6.45) is 3.85. The van der Waals surface area contributed by atoms with Crippen LogP contribution in [0.1, 0.15) is 12.8 Å². The molecule has 1 aliphatic heterocycles. The molecule has 6 nitrogen and oxygen atoms in total. The van der Waals surface area contributed by atoms with Gasteiger partial charge in [-0.2, -0.15) is 0 Å². The number of benzene rings is 2. The highest BCUT2D eigenvalue weighted by atomic mass is 16.5. The average molecular weight is 393 g/mol. The highest BCUT2D eigenvalue weighted by Gasteiger charge is 2.17. The smallest absolute Gasteiger partial charge is 0.232 e. The summed E-state index contributed by atoms with van der Waals surface area (Å²) in [5, 5.41) is 0. The first kappa shape index (κ1) is 19.5. The molecule has 1 aliphatic rings. The van der Waals surface area contributed by atoms with Crippen molar-refractivity contribution in [1.82, 2.24) is 14.9 Å². The van der Waals surface area contributed by atoms with Crippen molar-refractivity contribution in [1.29, 1.82) is 0 Å². The Morgan fingerprint density at radius 2 is 1.76 bits per heavy atom. The molecule has 0 amide bonds. The number of hydrogen-bond acceptors (Lipinski definition) is 6. The van der Waals surface area contributed by atoms with E-state index in [4.69, 9.17) is 9.47 Å². The van der Waals surface area contributed by atoms with Crippen molar-refractivity contribution in [2.24, 2.45) is 0 Å². The first-order valence-corrected chi connectivity index (χ1v) is 10.3. The van der Waals surface area contributed by atoms with E-state index in [0.29, 0.717) is 12.5 Å². The molecule has 0 spiro atoms. The van der Waals surface area contributed by atoms with Crippen LogP contribution in [0.25, 0.3) is 11.0 Å². The Labute approximate surface area is 172 Å². The van der Waals surface area contributed by atoms with E-state index < -0.39 is 0 Å². The summed E-state index contributed by atoms with van der Waals surface area (Å²) < 4.78 is 11.1. The molecule has 29 heavy (non-hydrogen) atoms. The van der Waals surface area contributed by atoms with Crippen molar-refractivity contribution in [3.63, 3.8) is 0 Å². The summed E-state index contributed by atoms with van der Waals surface area (Å²) >= 11 is 0. The van der Waals surface area contributed by atoms with Crippen LogP contribution in [0.2, 0.25) is 0 Å². The topological polar surface area (TPSA) is 50.7 Å². The molecule has 4 rings (SSSR count). The number of nitrogens with zero attached hydrogens (tertiary/aromatic N) is 4. The van der Waals surface area contributed by atoms with Crippen molar-refractivity contribution < 1.29 is 9.47 Å². The molecule has 0 aliphatic carbocycles. The summed E-state index contributed by atoms with van der Waals surface area (Å²) in [4.78, 5) is 13.9. The fourth-order valence-corrected chi connectivity index (χ4v) is 3.66. The van der Waals surface area contributed by atoms with Crippen LogP contribution >= 0.6 is 0 Å². The highest BCUT2D eigenvalue weighted by molar-refractivity contribution is 5.73. The van der Waals surface area contributed by atoms with E-state index in [1.165, 1.54) is 5.69 Å². The summed E-state index contributed by atoms with van der Waals surface area (Å²) in [6.45, 7) is 6.07. The molecule has 3 aromatic rings. The first-order valence-electron chi connectivity index (χ1n) is 10.3. The standard InChI is InChI=1S/C23H28N4O2/c1-28-20-8-6-7-19(17-20)27-14-12-26(13-15-27)11-4-5-16-29-23-18-24-21-9-2-3-10-22(21)25-23/h2-3,6-10,17-18H,4-5,11-16H2,1H3. The second kappa shape index (κ2) is 9.56. The van der Waals surface area contributed by atoms with Crippen molar-refractivity contribution in [3.8, 4) is 11.6 Å². The maximum absolute atomic E-state index is 5.79. The van der Waals surface area contributed by atoms with E-state index in [1.54, 1.807) is 13.3 Å². The zero-order valence-corrected chi connectivity index (χ0v) is 17.0. The molecule has 1 saturated heterocycles. The van der Waals surface area contributed by atoms with E-state index >= 15 is 0 Å². The predicted octanol–water partition coefficient (Wildman–Crippen LogP) is 3.62. The lowest BCUT2D eigenvalue weighted by atomic mass is 10.2. The normalized spacial score (nSPS) is 14.9. The van der Waals surface area contributed by atoms with Gasteiger partial charge in [0.1, 0.15) is 5.75 Å². The van der Waals surface area contributed by atoms with Gasteiger partial charge in [0.15, 0.2) is 0 Å². The van der Waals surface area contributed by atoms with Crippen molar-refractivity contribution in [3.05, 3.63) is 54.7 Å². The number of hydrogen-bond donors (Lipinski definition) is 0. The van der Waals surface area contributed by atoms with Gasteiger partial charge in [-0.05, 0) is 43.7 Å². The van der Waals surface area contributed by atoms with E-state index in [2.05, 4.69) is 38.0 Å². The second-order valence-corrected chi connectivity index (χ2v) is 7.28. The van der Waals surface area contributed by atoms with E-state index in [0.717, 1.165) is 62.3 Å². The Hall–Kier alpha value is -2.86. The number of rotatable bonds is 8. The summed E-state index contributed by atoms with van der Waals surface area (Å²) in [6, 6.07) is 16.2. The number of unbranched alkanes of at least 4 members (excludes halogenated alkanes) is 1. The number of ether oxygens (including phenoxy) is 2. The number of piperazine rings is 1. The van der Waals surface area contributed by atoms with Crippen molar-refractivity contribution >= 4 is 16.7 Å². The lowest BCUT2D eigenvalue weighted by Gasteiger charge is -2.36. The van der Waals surface area contributed by atoms with Crippen LogP contribution in [0.5, 0.6) is 11.6 Å². The minimum atomic E-state index is 0.607. The zero-order valence-electron chi connectivity index (χ0n) is 17.0. The summed E-state index contributed by atoms with van der Waals surface area (Å²) in [5.74, 6) is 1.52. The monoisotopic (exact) mass is 392 g/mol. The van der Waals surface area contributed by atoms with Crippen LogP contribution in [0.3, 0.4) is 0 Å². The first-order chi connectivity index (χ1) is 14.3. The average Bonchev–Trinajstić information content (AvgIpc) is 2.79. The molecule has 0 bridgehead atoms. The third-order valence-electron chi connectivity index (χ3n) is 5.34. The Balaban J connectivity index is 1.15. The fourth-order valence-electron chi connectivity index (χ4n) is 3.66. The molecule has 1 aromatic heterocycles. The zero-order chi connectivity index (χ0) is 19.9. The Kier molecular flexibility index (Phi) is 6.42. The molecular formula is C23H28N4O2. The summed E-state index contributed by atoms with van der Waals surface area (Å²) in [5.41, 5.74) is 3.01. The largest absolute Gasteiger partial charge is 0.497 e. The van der Waals surface area contributed by atoms with Gasteiger partial charge in [-0.25, -0.2) is 9.97 Å². The van der Waals surface area contributed by atoms with Crippen LogP contribution in [0, 0.1) is 0 Å². The number of para-hydroxylation sites is 2. The lowest BCUT2D eigenvalue weighted by molar-refractivity contribution is 0.236. The number of anilines is 1. The van der Waals surface area contributed by atoms with Gasteiger partial charge >= 0.3 is 0 Å². The third-order valence-corrected chi connectivity index (χ3v) is 5.34. The van der Waals surface area contributed by atoms with Gasteiger partial charge < -0.3 is 14.4 Å². The Bertz CT molecular complexity index is 925.